The summed E-state index contributed by atoms with van der Waals surface area (Å²) in [5.74, 6) is -0.581. The smallest absolute Gasteiger partial charge is 0.337 e. The summed E-state index contributed by atoms with van der Waals surface area (Å²) >= 11 is 0.735. The number of furan rings is 1. The Kier molecular flexibility index (Phi) is 6.96. The van der Waals surface area contributed by atoms with E-state index in [9.17, 15) is 19.2 Å². The Labute approximate surface area is 183 Å². The van der Waals surface area contributed by atoms with E-state index in [-0.39, 0.29) is 17.4 Å². The molecule has 2 heterocycles. The van der Waals surface area contributed by atoms with E-state index >= 15 is 0 Å². The van der Waals surface area contributed by atoms with E-state index in [0.29, 0.717) is 17.1 Å². The zero-order valence-electron chi connectivity index (χ0n) is 17.2. The number of amides is 2. The SMILES string of the molecule is COC(=O)c1ccc(-c2ccc(/C=C3/SC(=O)N(CC(=O)OCC(C)C)C3=O)o2)cc1. The number of benzene rings is 1. The minimum absolute atomic E-state index is 0.156. The molecule has 8 nitrogen and oxygen atoms in total. The van der Waals surface area contributed by atoms with Crippen LogP contribution in [0, 0.1) is 5.92 Å². The molecule has 0 spiro atoms. The molecular weight excluding hydrogens is 422 g/mol. The number of methoxy groups -OCH3 is 1. The topological polar surface area (TPSA) is 103 Å². The van der Waals surface area contributed by atoms with Gasteiger partial charge in [-0.1, -0.05) is 26.0 Å². The van der Waals surface area contributed by atoms with E-state index in [1.54, 1.807) is 36.4 Å². The molecule has 3 rings (SSSR count). The Morgan fingerprint density at radius 2 is 1.84 bits per heavy atom. The zero-order chi connectivity index (χ0) is 22.5. The number of hydrogen-bond acceptors (Lipinski definition) is 8. The number of nitrogens with zero attached hydrogens (tertiary/aromatic N) is 1. The van der Waals surface area contributed by atoms with Crippen LogP contribution in [0.25, 0.3) is 17.4 Å². The van der Waals surface area contributed by atoms with Crippen LogP contribution < -0.4 is 0 Å². The first kappa shape index (κ1) is 22.4. The number of rotatable bonds is 7. The molecule has 0 unspecified atom stereocenters. The van der Waals surface area contributed by atoms with Gasteiger partial charge in [-0.25, -0.2) is 4.79 Å². The van der Waals surface area contributed by atoms with Gasteiger partial charge in [-0.05, 0) is 41.9 Å². The lowest BCUT2D eigenvalue weighted by atomic mass is 10.1. The highest BCUT2D eigenvalue weighted by Crippen LogP contribution is 2.33. The van der Waals surface area contributed by atoms with Crippen LogP contribution in [-0.4, -0.2) is 48.2 Å². The Hall–Kier alpha value is -3.33. The monoisotopic (exact) mass is 443 g/mol. The number of esters is 2. The van der Waals surface area contributed by atoms with E-state index in [4.69, 9.17) is 9.15 Å². The summed E-state index contributed by atoms with van der Waals surface area (Å²) in [5, 5.41) is -0.539. The van der Waals surface area contributed by atoms with Gasteiger partial charge in [-0.3, -0.25) is 19.3 Å². The molecule has 1 saturated heterocycles. The Morgan fingerprint density at radius 3 is 2.48 bits per heavy atom. The van der Waals surface area contributed by atoms with Crippen LogP contribution in [0.15, 0.2) is 45.7 Å². The second kappa shape index (κ2) is 9.65. The molecule has 0 saturated carbocycles. The van der Waals surface area contributed by atoms with Crippen molar-refractivity contribution in [2.75, 3.05) is 20.3 Å². The summed E-state index contributed by atoms with van der Waals surface area (Å²) < 4.78 is 15.5. The first-order valence-electron chi connectivity index (χ1n) is 9.48. The first-order chi connectivity index (χ1) is 14.8. The van der Waals surface area contributed by atoms with Crippen molar-refractivity contribution in [3.63, 3.8) is 0 Å². The van der Waals surface area contributed by atoms with Gasteiger partial charge >= 0.3 is 11.9 Å². The average Bonchev–Trinajstić information content (AvgIpc) is 3.32. The van der Waals surface area contributed by atoms with Gasteiger partial charge in [-0.2, -0.15) is 0 Å². The van der Waals surface area contributed by atoms with Crippen molar-refractivity contribution in [3.8, 4) is 11.3 Å². The summed E-state index contributed by atoms with van der Waals surface area (Å²) in [6.45, 7) is 3.58. The summed E-state index contributed by atoms with van der Waals surface area (Å²) in [7, 11) is 1.31. The highest BCUT2D eigenvalue weighted by Gasteiger charge is 2.37. The van der Waals surface area contributed by atoms with E-state index in [1.807, 2.05) is 13.8 Å². The number of hydrogen-bond donors (Lipinski definition) is 0. The molecule has 2 aromatic rings. The third kappa shape index (κ3) is 5.43. The molecule has 1 aromatic carbocycles. The van der Waals surface area contributed by atoms with Crippen LogP contribution in [0.1, 0.15) is 30.0 Å². The molecule has 0 radical (unpaired) electrons. The number of ether oxygens (including phenoxy) is 2. The lowest BCUT2D eigenvalue weighted by molar-refractivity contribution is -0.147. The Morgan fingerprint density at radius 1 is 1.13 bits per heavy atom. The second-order valence-corrected chi connectivity index (χ2v) is 8.11. The number of thioether (sulfide) groups is 1. The molecule has 9 heteroatoms. The van der Waals surface area contributed by atoms with Gasteiger partial charge in [-0.15, -0.1) is 0 Å². The van der Waals surface area contributed by atoms with Crippen molar-refractivity contribution >= 4 is 40.9 Å². The molecule has 0 bridgehead atoms. The lowest BCUT2D eigenvalue weighted by Crippen LogP contribution is -2.34. The van der Waals surface area contributed by atoms with Gasteiger partial charge in [0.05, 0.1) is 24.2 Å². The lowest BCUT2D eigenvalue weighted by Gasteiger charge is -2.12. The highest BCUT2D eigenvalue weighted by molar-refractivity contribution is 8.18. The molecule has 0 N–H and O–H groups in total. The molecule has 2 amide bonds. The van der Waals surface area contributed by atoms with Gasteiger partial charge in [0.15, 0.2) is 0 Å². The summed E-state index contributed by atoms with van der Waals surface area (Å²) in [4.78, 5) is 49.1. The third-order valence-electron chi connectivity index (χ3n) is 4.23. The van der Waals surface area contributed by atoms with Gasteiger partial charge in [0.1, 0.15) is 18.1 Å². The van der Waals surface area contributed by atoms with Crippen LogP contribution in [0.2, 0.25) is 0 Å². The molecule has 1 fully saturated rings. The van der Waals surface area contributed by atoms with E-state index in [1.165, 1.54) is 13.2 Å². The molecule has 1 aliphatic heterocycles. The third-order valence-corrected chi connectivity index (χ3v) is 5.14. The van der Waals surface area contributed by atoms with Crippen LogP contribution >= 0.6 is 11.8 Å². The summed E-state index contributed by atoms with van der Waals surface area (Å²) in [6.07, 6.45) is 1.46. The number of carbonyl (C=O) groups is 4. The van der Waals surface area contributed by atoms with Crippen LogP contribution in [0.3, 0.4) is 0 Å². The number of carbonyl (C=O) groups excluding carboxylic acids is 4. The van der Waals surface area contributed by atoms with Crippen LogP contribution in [-0.2, 0) is 19.1 Å². The summed E-state index contributed by atoms with van der Waals surface area (Å²) in [5.41, 5.74) is 1.15. The highest BCUT2D eigenvalue weighted by atomic mass is 32.2. The zero-order valence-corrected chi connectivity index (χ0v) is 18.1. The minimum Gasteiger partial charge on any atom is -0.465 e. The van der Waals surface area contributed by atoms with Gasteiger partial charge in [0.25, 0.3) is 11.1 Å². The Bertz CT molecular complexity index is 1040. The van der Waals surface area contributed by atoms with Gasteiger partial charge < -0.3 is 13.9 Å². The predicted molar refractivity (Wildman–Crippen MR) is 114 cm³/mol. The van der Waals surface area contributed by atoms with Crippen molar-refractivity contribution < 1.29 is 33.1 Å². The molecule has 0 aliphatic carbocycles. The molecule has 1 aromatic heterocycles. The normalized spacial score (nSPS) is 15.1. The predicted octanol–water partition coefficient (Wildman–Crippen LogP) is 3.97. The molecule has 162 valence electrons. The maximum atomic E-state index is 12.5. The van der Waals surface area contributed by atoms with Crippen molar-refractivity contribution in [1.82, 2.24) is 4.90 Å². The fraction of sp³-hybridized carbons (Fsp3) is 0.273. The summed E-state index contributed by atoms with van der Waals surface area (Å²) in [6, 6.07) is 10.0. The first-order valence-corrected chi connectivity index (χ1v) is 10.3. The Balaban J connectivity index is 1.69. The largest absolute Gasteiger partial charge is 0.465 e. The number of imide groups is 1. The molecule has 0 atom stereocenters. The maximum Gasteiger partial charge on any atom is 0.337 e. The quantitative estimate of drug-likeness (QED) is 0.468. The maximum absolute atomic E-state index is 12.5. The van der Waals surface area contributed by atoms with Crippen molar-refractivity contribution in [2.45, 2.75) is 13.8 Å². The van der Waals surface area contributed by atoms with Crippen LogP contribution in [0.5, 0.6) is 0 Å². The van der Waals surface area contributed by atoms with E-state index in [2.05, 4.69) is 4.74 Å². The van der Waals surface area contributed by atoms with E-state index < -0.39 is 29.6 Å². The van der Waals surface area contributed by atoms with Crippen molar-refractivity contribution in [3.05, 3.63) is 52.6 Å². The van der Waals surface area contributed by atoms with Crippen molar-refractivity contribution in [1.29, 1.82) is 0 Å². The molecular formula is C22H21NO7S. The average molecular weight is 443 g/mol. The second-order valence-electron chi connectivity index (χ2n) is 7.12. The van der Waals surface area contributed by atoms with Crippen LogP contribution in [0.4, 0.5) is 4.79 Å². The van der Waals surface area contributed by atoms with E-state index in [0.717, 1.165) is 22.2 Å². The fourth-order valence-electron chi connectivity index (χ4n) is 2.67. The van der Waals surface area contributed by atoms with Gasteiger partial charge in [0.2, 0.25) is 0 Å². The van der Waals surface area contributed by atoms with Crippen molar-refractivity contribution in [2.24, 2.45) is 5.92 Å². The molecule has 31 heavy (non-hydrogen) atoms. The van der Waals surface area contributed by atoms with Gasteiger partial charge in [0, 0.05) is 11.6 Å². The fourth-order valence-corrected chi connectivity index (χ4v) is 3.49. The molecule has 1 aliphatic rings. The standard InChI is InChI=1S/C22H21NO7S/c1-13(2)12-29-19(24)11-23-20(25)18(31-22(23)27)10-16-8-9-17(30-16)14-4-6-15(7-5-14)21(26)28-3/h4-10,13H,11-12H2,1-3H3/b18-10+. The minimum atomic E-state index is -0.632.